The summed E-state index contributed by atoms with van der Waals surface area (Å²) in [4.78, 5) is 20.3. The molecule has 4 aromatic rings. The topological polar surface area (TPSA) is 110 Å². The van der Waals surface area contributed by atoms with Crippen molar-refractivity contribution in [2.45, 2.75) is 18.6 Å². The fourth-order valence-electron chi connectivity index (χ4n) is 3.77. The number of anilines is 1. The first-order valence-electron chi connectivity index (χ1n) is 9.90. The van der Waals surface area contributed by atoms with Gasteiger partial charge in [0, 0.05) is 31.8 Å². The van der Waals surface area contributed by atoms with Gasteiger partial charge in [0.25, 0.3) is 11.9 Å². The Morgan fingerprint density at radius 2 is 2.00 bits per heavy atom. The number of aliphatic hydroxyl groups excluding tert-OH is 1. The van der Waals surface area contributed by atoms with Crippen LogP contribution < -0.4 is 15.4 Å². The molecule has 0 saturated heterocycles. The smallest absolute Gasteiger partial charge is 0.296 e. The Bertz CT molecular complexity index is 1270. The fourth-order valence-corrected chi connectivity index (χ4v) is 3.77. The Hall–Kier alpha value is -3.91. The van der Waals surface area contributed by atoms with Crippen LogP contribution in [0.4, 0.5) is 6.01 Å². The molecule has 0 radical (unpaired) electrons. The van der Waals surface area contributed by atoms with Gasteiger partial charge in [0.2, 0.25) is 0 Å². The van der Waals surface area contributed by atoms with Gasteiger partial charge >= 0.3 is 0 Å². The van der Waals surface area contributed by atoms with E-state index in [1.54, 1.807) is 37.4 Å². The van der Waals surface area contributed by atoms with Crippen molar-refractivity contribution in [3.8, 4) is 11.5 Å². The van der Waals surface area contributed by atoms with Crippen molar-refractivity contribution in [1.82, 2.24) is 15.3 Å². The van der Waals surface area contributed by atoms with Crippen LogP contribution in [0.3, 0.4) is 0 Å². The highest BCUT2D eigenvalue weighted by atomic mass is 16.5. The van der Waals surface area contributed by atoms with Crippen molar-refractivity contribution in [3.63, 3.8) is 0 Å². The second kappa shape index (κ2) is 7.73. The molecule has 2 aromatic heterocycles. The molecule has 31 heavy (non-hydrogen) atoms. The summed E-state index contributed by atoms with van der Waals surface area (Å²) in [5.41, 5.74) is 3.64. The van der Waals surface area contributed by atoms with Crippen molar-refractivity contribution >= 4 is 23.0 Å². The summed E-state index contributed by atoms with van der Waals surface area (Å²) in [6.07, 6.45) is 1.56. The van der Waals surface area contributed by atoms with E-state index in [9.17, 15) is 9.90 Å². The first-order chi connectivity index (χ1) is 15.1. The predicted molar refractivity (Wildman–Crippen MR) is 114 cm³/mol. The lowest BCUT2D eigenvalue weighted by Crippen LogP contribution is -2.21. The number of hydrogen-bond acceptors (Lipinski definition) is 7. The standard InChI is InChI=1S/C23H20N4O4/c1-24-22(29)18-11-15(8-9-25-18)30-14-6-7-17-20(12-14)31-23(26-17)27-21-16-5-3-2-4-13(16)10-19(21)28/h2-9,11-12,19,21,28H,10H2,1H3,(H,24,29)(H,26,27)/t19-,21?/m1/s1. The minimum absolute atomic E-state index is 0.266. The summed E-state index contributed by atoms with van der Waals surface area (Å²) in [6, 6.07) is 16.5. The largest absolute Gasteiger partial charge is 0.457 e. The molecule has 8 nitrogen and oxygen atoms in total. The minimum atomic E-state index is -0.549. The summed E-state index contributed by atoms with van der Waals surface area (Å²) >= 11 is 0. The molecule has 5 rings (SSSR count). The number of oxazole rings is 1. The van der Waals surface area contributed by atoms with Crippen molar-refractivity contribution in [3.05, 3.63) is 77.6 Å². The molecule has 0 fully saturated rings. The van der Waals surface area contributed by atoms with E-state index in [4.69, 9.17) is 9.15 Å². The number of carbonyl (C=O) groups is 1. The highest BCUT2D eigenvalue weighted by molar-refractivity contribution is 5.92. The number of benzene rings is 2. The number of fused-ring (bicyclic) bond motifs is 2. The third kappa shape index (κ3) is 3.69. The number of nitrogens with one attached hydrogen (secondary N) is 2. The second-order valence-corrected chi connectivity index (χ2v) is 7.30. The van der Waals surface area contributed by atoms with Crippen LogP contribution in [0.15, 0.2) is 65.2 Å². The fraction of sp³-hybridized carbons (Fsp3) is 0.174. The number of ether oxygens (including phenoxy) is 1. The lowest BCUT2D eigenvalue weighted by atomic mass is 10.1. The van der Waals surface area contributed by atoms with E-state index in [1.807, 2.05) is 24.3 Å². The van der Waals surface area contributed by atoms with Gasteiger partial charge in [-0.2, -0.15) is 4.98 Å². The van der Waals surface area contributed by atoms with Crippen LogP contribution in [0.5, 0.6) is 11.5 Å². The van der Waals surface area contributed by atoms with Gasteiger partial charge in [0.1, 0.15) is 22.7 Å². The molecule has 0 spiro atoms. The number of aliphatic hydroxyl groups is 1. The first-order valence-corrected chi connectivity index (χ1v) is 9.90. The number of hydrogen-bond donors (Lipinski definition) is 3. The minimum Gasteiger partial charge on any atom is -0.457 e. The molecule has 2 heterocycles. The molecule has 156 valence electrons. The quantitative estimate of drug-likeness (QED) is 0.457. The Kier molecular flexibility index (Phi) is 4.76. The Morgan fingerprint density at radius 1 is 1.16 bits per heavy atom. The maximum Gasteiger partial charge on any atom is 0.296 e. The highest BCUT2D eigenvalue weighted by Crippen LogP contribution is 2.35. The van der Waals surface area contributed by atoms with Crippen molar-refractivity contribution < 1.29 is 19.1 Å². The third-order valence-electron chi connectivity index (χ3n) is 5.27. The molecule has 1 amide bonds. The summed E-state index contributed by atoms with van der Waals surface area (Å²) in [5.74, 6) is 0.731. The van der Waals surface area contributed by atoms with Gasteiger partial charge in [-0.1, -0.05) is 24.3 Å². The zero-order chi connectivity index (χ0) is 21.4. The van der Waals surface area contributed by atoms with Crippen molar-refractivity contribution in [2.24, 2.45) is 0 Å². The molecule has 1 unspecified atom stereocenters. The number of aromatic nitrogens is 2. The lowest BCUT2D eigenvalue weighted by molar-refractivity contribution is 0.0958. The van der Waals surface area contributed by atoms with Crippen LogP contribution in [-0.2, 0) is 6.42 Å². The van der Waals surface area contributed by atoms with Gasteiger partial charge in [-0.15, -0.1) is 0 Å². The van der Waals surface area contributed by atoms with Crippen LogP contribution in [0.1, 0.15) is 27.7 Å². The van der Waals surface area contributed by atoms with Crippen molar-refractivity contribution in [2.75, 3.05) is 12.4 Å². The van der Waals surface area contributed by atoms with Crippen LogP contribution in [-0.4, -0.2) is 34.1 Å². The van der Waals surface area contributed by atoms with Crippen LogP contribution in [0, 0.1) is 0 Å². The average molecular weight is 416 g/mol. The molecule has 0 saturated carbocycles. The molecule has 1 aliphatic rings. The lowest BCUT2D eigenvalue weighted by Gasteiger charge is -2.16. The summed E-state index contributed by atoms with van der Waals surface area (Å²) in [7, 11) is 1.55. The second-order valence-electron chi connectivity index (χ2n) is 7.30. The Balaban J connectivity index is 1.37. The number of nitrogens with zero attached hydrogens (tertiary/aromatic N) is 2. The zero-order valence-electron chi connectivity index (χ0n) is 16.7. The molecule has 2 aromatic carbocycles. The van der Waals surface area contributed by atoms with Crippen LogP contribution >= 0.6 is 0 Å². The normalized spacial score (nSPS) is 17.4. The summed E-state index contributed by atoms with van der Waals surface area (Å²) in [5, 5.41) is 16.2. The molecule has 3 N–H and O–H groups in total. The average Bonchev–Trinajstić information content (AvgIpc) is 3.33. The number of carbonyl (C=O) groups excluding carboxylic acids is 1. The van der Waals surface area contributed by atoms with Gasteiger partial charge < -0.3 is 24.9 Å². The number of amides is 1. The SMILES string of the molecule is CNC(=O)c1cc(Oc2ccc3nc(NC4c5ccccc5C[C@H]4O)oc3c2)ccn1. The van der Waals surface area contributed by atoms with Crippen LogP contribution in [0.25, 0.3) is 11.1 Å². The van der Waals surface area contributed by atoms with E-state index in [-0.39, 0.29) is 17.6 Å². The van der Waals surface area contributed by atoms with E-state index in [1.165, 1.54) is 6.20 Å². The van der Waals surface area contributed by atoms with E-state index in [0.717, 1.165) is 11.1 Å². The first kappa shape index (κ1) is 19.1. The van der Waals surface area contributed by atoms with Gasteiger partial charge in [-0.3, -0.25) is 9.78 Å². The molecule has 0 aliphatic heterocycles. The van der Waals surface area contributed by atoms with Gasteiger partial charge in [0.05, 0.1) is 12.1 Å². The monoisotopic (exact) mass is 416 g/mol. The van der Waals surface area contributed by atoms with Gasteiger partial charge in [-0.05, 0) is 29.3 Å². The van der Waals surface area contributed by atoms with Crippen LogP contribution in [0.2, 0.25) is 0 Å². The van der Waals surface area contributed by atoms with Crippen molar-refractivity contribution in [1.29, 1.82) is 0 Å². The van der Waals surface area contributed by atoms with Gasteiger partial charge in [0.15, 0.2) is 5.58 Å². The molecular formula is C23H20N4O4. The summed E-state index contributed by atoms with van der Waals surface area (Å²) in [6.45, 7) is 0. The predicted octanol–water partition coefficient (Wildman–Crippen LogP) is 3.44. The van der Waals surface area contributed by atoms with E-state index in [2.05, 4.69) is 20.6 Å². The Labute approximate surface area is 177 Å². The molecular weight excluding hydrogens is 396 g/mol. The van der Waals surface area contributed by atoms with Gasteiger partial charge in [-0.25, -0.2) is 0 Å². The number of rotatable bonds is 5. The molecule has 1 aliphatic carbocycles. The maximum absolute atomic E-state index is 11.8. The van der Waals surface area contributed by atoms with E-state index < -0.39 is 6.10 Å². The van der Waals surface area contributed by atoms with E-state index in [0.29, 0.717) is 35.0 Å². The maximum atomic E-state index is 11.8. The third-order valence-corrected chi connectivity index (χ3v) is 5.27. The highest BCUT2D eigenvalue weighted by Gasteiger charge is 2.31. The molecule has 0 bridgehead atoms. The number of pyridine rings is 1. The Morgan fingerprint density at radius 3 is 2.87 bits per heavy atom. The molecule has 2 atom stereocenters. The van der Waals surface area contributed by atoms with E-state index >= 15 is 0 Å². The molecule has 8 heteroatoms. The summed E-state index contributed by atoms with van der Waals surface area (Å²) < 4.78 is 11.7. The zero-order valence-corrected chi connectivity index (χ0v) is 16.7.